The highest BCUT2D eigenvalue weighted by Gasteiger charge is 2.30. The third-order valence-corrected chi connectivity index (χ3v) is 5.25. The molecular weight excluding hydrogens is 358 g/mol. The minimum absolute atomic E-state index is 0.140. The van der Waals surface area contributed by atoms with Crippen molar-refractivity contribution in [2.75, 3.05) is 20.8 Å². The molecule has 1 aliphatic heterocycles. The average molecular weight is 381 g/mol. The molecule has 146 valence electrons. The monoisotopic (exact) mass is 381 g/mol. The molecule has 0 fully saturated rings. The fraction of sp³-hybridized carbons (Fsp3) is 0.333. The maximum absolute atomic E-state index is 12.9. The molecule has 28 heavy (non-hydrogen) atoms. The number of fused-ring (bicyclic) bond motifs is 2. The number of methoxy groups -OCH3 is 2. The van der Waals surface area contributed by atoms with Crippen molar-refractivity contribution in [3.8, 4) is 11.5 Å². The molecule has 1 aromatic heterocycles. The van der Waals surface area contributed by atoms with Gasteiger partial charge in [-0.05, 0) is 25.1 Å². The molecule has 0 amide bonds. The van der Waals surface area contributed by atoms with E-state index < -0.39 is 6.10 Å². The van der Waals surface area contributed by atoms with Gasteiger partial charge >= 0.3 is 0 Å². The molecule has 0 aliphatic carbocycles. The molecule has 2 heterocycles. The van der Waals surface area contributed by atoms with Crippen LogP contribution < -0.4 is 15.0 Å². The Labute approximate surface area is 162 Å². The summed E-state index contributed by atoms with van der Waals surface area (Å²) in [5.74, 6) is 1.33. The van der Waals surface area contributed by atoms with Gasteiger partial charge in [0.05, 0.1) is 38.1 Å². The van der Waals surface area contributed by atoms with Gasteiger partial charge in [-0.2, -0.15) is 5.10 Å². The summed E-state index contributed by atoms with van der Waals surface area (Å²) in [4.78, 5) is 14.9. The lowest BCUT2D eigenvalue weighted by Gasteiger charge is -2.33. The van der Waals surface area contributed by atoms with Crippen molar-refractivity contribution in [2.45, 2.75) is 26.2 Å². The number of aliphatic hydroxyl groups excluding tert-OH is 1. The lowest BCUT2D eigenvalue weighted by Crippen LogP contribution is -2.39. The van der Waals surface area contributed by atoms with Gasteiger partial charge in [-0.1, -0.05) is 18.2 Å². The first-order valence-electron chi connectivity index (χ1n) is 9.14. The molecule has 1 N–H and O–H groups in total. The fourth-order valence-electron chi connectivity index (χ4n) is 3.94. The Kier molecular flexibility index (Phi) is 4.78. The standard InChI is InChI=1S/C21H23N3O4/c1-13-14-6-4-5-7-15(14)21(26)24(22-13)12-23-10-16-18(27-2)8-9-19(28-3)20(16)17(25)11-23/h4-9,17,25H,10-12H2,1-3H3. The molecule has 0 radical (unpaired) electrons. The Morgan fingerprint density at radius 2 is 1.79 bits per heavy atom. The lowest BCUT2D eigenvalue weighted by atomic mass is 9.95. The largest absolute Gasteiger partial charge is 0.496 e. The van der Waals surface area contributed by atoms with Gasteiger partial charge in [0, 0.05) is 29.6 Å². The zero-order valence-electron chi connectivity index (χ0n) is 16.2. The van der Waals surface area contributed by atoms with Crippen LogP contribution >= 0.6 is 0 Å². The molecule has 1 unspecified atom stereocenters. The minimum atomic E-state index is -0.744. The van der Waals surface area contributed by atoms with E-state index >= 15 is 0 Å². The first-order valence-corrected chi connectivity index (χ1v) is 9.14. The molecule has 7 nitrogen and oxygen atoms in total. The third-order valence-electron chi connectivity index (χ3n) is 5.25. The number of β-amino-alcohol motifs (C(OH)–C–C–N with tert-alkyl or cyclic N) is 1. The van der Waals surface area contributed by atoms with E-state index in [0.717, 1.165) is 22.2 Å². The Morgan fingerprint density at radius 3 is 2.50 bits per heavy atom. The van der Waals surface area contributed by atoms with Gasteiger partial charge in [0.15, 0.2) is 0 Å². The molecule has 7 heteroatoms. The molecule has 0 saturated heterocycles. The number of aromatic nitrogens is 2. The van der Waals surface area contributed by atoms with Gasteiger partial charge in [-0.3, -0.25) is 9.69 Å². The maximum Gasteiger partial charge on any atom is 0.275 e. The number of aliphatic hydroxyl groups is 1. The number of hydrogen-bond donors (Lipinski definition) is 1. The van der Waals surface area contributed by atoms with Crippen LogP contribution in [0.25, 0.3) is 10.8 Å². The van der Waals surface area contributed by atoms with Crippen LogP contribution in [0.4, 0.5) is 0 Å². The van der Waals surface area contributed by atoms with Crippen molar-refractivity contribution in [2.24, 2.45) is 0 Å². The SMILES string of the molecule is COc1ccc(OC)c2c1CN(Cn1nc(C)c3ccccc3c1=O)CC2O. The molecule has 4 rings (SSSR count). The Morgan fingerprint density at radius 1 is 1.11 bits per heavy atom. The van der Waals surface area contributed by atoms with Crippen molar-refractivity contribution in [3.63, 3.8) is 0 Å². The van der Waals surface area contributed by atoms with Gasteiger partial charge in [-0.15, -0.1) is 0 Å². The van der Waals surface area contributed by atoms with Crippen LogP contribution in [0.2, 0.25) is 0 Å². The Hall–Kier alpha value is -2.90. The van der Waals surface area contributed by atoms with E-state index in [1.54, 1.807) is 20.3 Å². The second kappa shape index (κ2) is 7.26. The van der Waals surface area contributed by atoms with Crippen LogP contribution in [0.15, 0.2) is 41.2 Å². The predicted octanol–water partition coefficient (Wildman–Crippen LogP) is 2.23. The molecular formula is C21H23N3O4. The maximum atomic E-state index is 12.9. The summed E-state index contributed by atoms with van der Waals surface area (Å²) in [6.07, 6.45) is -0.744. The molecule has 0 spiro atoms. The summed E-state index contributed by atoms with van der Waals surface area (Å²) >= 11 is 0. The van der Waals surface area contributed by atoms with Gasteiger partial charge in [0.2, 0.25) is 0 Å². The van der Waals surface area contributed by atoms with Gasteiger partial charge < -0.3 is 14.6 Å². The van der Waals surface area contributed by atoms with E-state index in [2.05, 4.69) is 5.10 Å². The van der Waals surface area contributed by atoms with Gasteiger partial charge in [-0.25, -0.2) is 4.68 Å². The van der Waals surface area contributed by atoms with Crippen LogP contribution in [0, 0.1) is 6.92 Å². The number of benzene rings is 2. The number of hydrogen-bond acceptors (Lipinski definition) is 6. The fourth-order valence-corrected chi connectivity index (χ4v) is 3.94. The van der Waals surface area contributed by atoms with Crippen LogP contribution in [0.3, 0.4) is 0 Å². The lowest BCUT2D eigenvalue weighted by molar-refractivity contribution is 0.0662. The summed E-state index contributed by atoms with van der Waals surface area (Å²) in [7, 11) is 3.19. The van der Waals surface area contributed by atoms with E-state index in [1.807, 2.05) is 42.2 Å². The van der Waals surface area contributed by atoms with Crippen molar-refractivity contribution in [1.29, 1.82) is 0 Å². The highest BCUT2D eigenvalue weighted by atomic mass is 16.5. The first kappa shape index (κ1) is 18.5. The van der Waals surface area contributed by atoms with E-state index in [9.17, 15) is 9.90 Å². The van der Waals surface area contributed by atoms with Crippen molar-refractivity contribution in [3.05, 3.63) is 63.6 Å². The zero-order chi connectivity index (χ0) is 19.8. The number of ether oxygens (including phenoxy) is 2. The van der Waals surface area contributed by atoms with Crippen molar-refractivity contribution >= 4 is 10.8 Å². The number of aryl methyl sites for hydroxylation is 1. The summed E-state index contributed by atoms with van der Waals surface area (Å²) in [6, 6.07) is 11.1. The summed E-state index contributed by atoms with van der Waals surface area (Å²) in [5.41, 5.74) is 2.27. The second-order valence-corrected chi connectivity index (χ2v) is 6.97. The average Bonchev–Trinajstić information content (AvgIpc) is 2.71. The molecule has 0 saturated carbocycles. The smallest absolute Gasteiger partial charge is 0.275 e. The highest BCUT2D eigenvalue weighted by molar-refractivity contribution is 5.83. The Balaban J connectivity index is 1.71. The van der Waals surface area contributed by atoms with E-state index in [-0.39, 0.29) is 12.2 Å². The van der Waals surface area contributed by atoms with Gasteiger partial charge in [0.1, 0.15) is 11.5 Å². The van der Waals surface area contributed by atoms with E-state index in [1.165, 1.54) is 4.68 Å². The van der Waals surface area contributed by atoms with Gasteiger partial charge in [0.25, 0.3) is 5.56 Å². The summed E-state index contributed by atoms with van der Waals surface area (Å²) < 4.78 is 12.4. The molecule has 0 bridgehead atoms. The first-order chi connectivity index (χ1) is 13.5. The third kappa shape index (κ3) is 3.02. The van der Waals surface area contributed by atoms with Crippen LogP contribution in [-0.4, -0.2) is 40.6 Å². The van der Waals surface area contributed by atoms with E-state index in [4.69, 9.17) is 9.47 Å². The van der Waals surface area contributed by atoms with Crippen LogP contribution in [0.5, 0.6) is 11.5 Å². The molecule has 1 atom stereocenters. The number of rotatable bonds is 4. The minimum Gasteiger partial charge on any atom is -0.496 e. The van der Waals surface area contributed by atoms with E-state index in [0.29, 0.717) is 30.0 Å². The zero-order valence-corrected chi connectivity index (χ0v) is 16.2. The predicted molar refractivity (Wildman–Crippen MR) is 106 cm³/mol. The normalized spacial score (nSPS) is 16.8. The summed E-state index contributed by atoms with van der Waals surface area (Å²) in [5, 5.41) is 16.7. The molecule has 2 aromatic carbocycles. The van der Waals surface area contributed by atoms with Crippen molar-refractivity contribution < 1.29 is 14.6 Å². The Bertz CT molecular complexity index is 1090. The topological polar surface area (TPSA) is 76.8 Å². The molecule has 3 aromatic rings. The number of nitrogens with zero attached hydrogens (tertiary/aromatic N) is 3. The molecule has 1 aliphatic rings. The van der Waals surface area contributed by atoms with Crippen molar-refractivity contribution in [1.82, 2.24) is 14.7 Å². The van der Waals surface area contributed by atoms with Crippen LogP contribution in [0.1, 0.15) is 22.9 Å². The van der Waals surface area contributed by atoms with Crippen LogP contribution in [-0.2, 0) is 13.2 Å². The quantitative estimate of drug-likeness (QED) is 0.747. The second-order valence-electron chi connectivity index (χ2n) is 6.97. The highest BCUT2D eigenvalue weighted by Crippen LogP contribution is 2.39. The summed E-state index contributed by atoms with van der Waals surface area (Å²) in [6.45, 7) is 3.07.